The molecule has 0 saturated carbocycles. The second kappa shape index (κ2) is 10.8. The van der Waals surface area contributed by atoms with Crippen LogP contribution in [-0.4, -0.2) is 60.7 Å². The predicted octanol–water partition coefficient (Wildman–Crippen LogP) is 5.10. The van der Waals surface area contributed by atoms with Crippen molar-refractivity contribution in [3.05, 3.63) is 57.3 Å². The van der Waals surface area contributed by atoms with Gasteiger partial charge in [-0.3, -0.25) is 4.90 Å². The highest BCUT2D eigenvalue weighted by atomic mass is 35.5. The van der Waals surface area contributed by atoms with Crippen molar-refractivity contribution in [1.82, 2.24) is 25.5 Å². The average molecular weight is 541 g/mol. The van der Waals surface area contributed by atoms with Crippen molar-refractivity contribution >= 4 is 39.9 Å². The van der Waals surface area contributed by atoms with E-state index in [0.717, 1.165) is 50.0 Å². The summed E-state index contributed by atoms with van der Waals surface area (Å²) in [6.45, 7) is 5.78. The van der Waals surface area contributed by atoms with E-state index in [1.54, 1.807) is 0 Å². The van der Waals surface area contributed by atoms with Crippen LogP contribution in [0.15, 0.2) is 30.3 Å². The molecule has 194 valence electrons. The molecule has 11 heteroatoms. The number of nitrogens with one attached hydrogen (secondary N) is 4. The number of anilines is 1. The quantitative estimate of drug-likeness (QED) is 0.320. The fourth-order valence-corrected chi connectivity index (χ4v) is 5.65. The maximum Gasteiger partial charge on any atom is 0.434 e. The Labute approximate surface area is 217 Å². The maximum absolute atomic E-state index is 13.2. The van der Waals surface area contributed by atoms with Crippen LogP contribution in [0.25, 0.3) is 10.9 Å². The molecule has 1 saturated heterocycles. The smallest absolute Gasteiger partial charge is 0.369 e. The maximum atomic E-state index is 13.2. The predicted molar refractivity (Wildman–Crippen MR) is 138 cm³/mol. The molecular weight excluding hydrogens is 512 g/mol. The van der Waals surface area contributed by atoms with E-state index in [4.69, 9.17) is 23.2 Å². The number of H-pyrrole nitrogens is 1. The molecule has 0 amide bonds. The summed E-state index contributed by atoms with van der Waals surface area (Å²) in [7, 11) is 0. The first-order valence-electron chi connectivity index (χ1n) is 12.2. The molecule has 4 heterocycles. The summed E-state index contributed by atoms with van der Waals surface area (Å²) in [6.07, 6.45) is -2.55. The first kappa shape index (κ1) is 25.6. The van der Waals surface area contributed by atoms with Crippen LogP contribution in [-0.2, 0) is 12.6 Å². The third-order valence-corrected chi connectivity index (χ3v) is 7.62. The van der Waals surface area contributed by atoms with Gasteiger partial charge in [-0.15, -0.1) is 0 Å². The summed E-state index contributed by atoms with van der Waals surface area (Å²) in [6, 6.07) is 8.74. The molecule has 2 aliphatic rings. The van der Waals surface area contributed by atoms with Gasteiger partial charge in [-0.2, -0.15) is 13.2 Å². The van der Waals surface area contributed by atoms with Crippen molar-refractivity contribution in [2.45, 2.75) is 25.1 Å². The molecule has 6 nitrogen and oxygen atoms in total. The minimum Gasteiger partial charge on any atom is -0.369 e. The van der Waals surface area contributed by atoms with E-state index in [9.17, 15) is 13.2 Å². The minimum absolute atomic E-state index is 0.111. The summed E-state index contributed by atoms with van der Waals surface area (Å²) in [4.78, 5) is 9.67. The van der Waals surface area contributed by atoms with E-state index in [1.165, 1.54) is 29.8 Å². The molecule has 1 fully saturated rings. The lowest BCUT2D eigenvalue weighted by Gasteiger charge is -2.36. The number of benzene rings is 1. The van der Waals surface area contributed by atoms with Crippen LogP contribution in [0.3, 0.4) is 0 Å². The van der Waals surface area contributed by atoms with E-state index >= 15 is 0 Å². The molecule has 2 aliphatic heterocycles. The van der Waals surface area contributed by atoms with Crippen LogP contribution >= 0.6 is 23.2 Å². The molecule has 0 bridgehead atoms. The van der Waals surface area contributed by atoms with Gasteiger partial charge in [0.2, 0.25) is 0 Å². The van der Waals surface area contributed by atoms with Gasteiger partial charge in [0.05, 0.1) is 11.1 Å². The summed E-state index contributed by atoms with van der Waals surface area (Å²) < 4.78 is 39.5. The van der Waals surface area contributed by atoms with Gasteiger partial charge in [-0.1, -0.05) is 23.2 Å². The molecule has 36 heavy (non-hydrogen) atoms. The van der Waals surface area contributed by atoms with Gasteiger partial charge in [0.1, 0.15) is 5.82 Å². The van der Waals surface area contributed by atoms with E-state index < -0.39 is 16.9 Å². The van der Waals surface area contributed by atoms with Crippen molar-refractivity contribution in [3.63, 3.8) is 0 Å². The summed E-state index contributed by atoms with van der Waals surface area (Å²) in [5.41, 5.74) is 2.47. The zero-order valence-electron chi connectivity index (χ0n) is 19.7. The van der Waals surface area contributed by atoms with Crippen LogP contribution in [0.4, 0.5) is 19.0 Å². The van der Waals surface area contributed by atoms with E-state index in [-0.39, 0.29) is 11.9 Å². The highest BCUT2D eigenvalue weighted by molar-refractivity contribution is 6.31. The van der Waals surface area contributed by atoms with Gasteiger partial charge in [0, 0.05) is 47.8 Å². The molecule has 2 atom stereocenters. The minimum atomic E-state index is -4.60. The molecule has 1 unspecified atom stereocenters. The molecule has 4 N–H and O–H groups in total. The number of nitrogens with zero attached hydrogens (tertiary/aromatic N) is 2. The number of alkyl halides is 3. The van der Waals surface area contributed by atoms with Crippen LogP contribution in [0, 0.1) is 5.92 Å². The van der Waals surface area contributed by atoms with E-state index in [2.05, 4.69) is 30.8 Å². The van der Waals surface area contributed by atoms with Crippen molar-refractivity contribution < 1.29 is 13.2 Å². The molecule has 3 aromatic rings. The first-order chi connectivity index (χ1) is 17.3. The lowest BCUT2D eigenvalue weighted by molar-refractivity contribution is -0.141. The normalized spacial score (nSPS) is 20.7. The number of pyridine rings is 1. The van der Waals surface area contributed by atoms with Crippen molar-refractivity contribution in [2.24, 2.45) is 5.92 Å². The molecule has 0 aliphatic carbocycles. The van der Waals surface area contributed by atoms with Crippen LogP contribution < -0.4 is 16.0 Å². The number of aromatic nitrogens is 2. The van der Waals surface area contributed by atoms with Crippen molar-refractivity contribution in [1.29, 1.82) is 0 Å². The molecule has 5 rings (SSSR count). The summed E-state index contributed by atoms with van der Waals surface area (Å²) >= 11 is 12.0. The topological polar surface area (TPSA) is 68.0 Å². The molecule has 2 aromatic heterocycles. The van der Waals surface area contributed by atoms with Gasteiger partial charge in [0.15, 0.2) is 5.69 Å². The molecule has 0 radical (unpaired) electrons. The SMILES string of the molecule is FC(F)(F)c1nc(NCCN2CCc3c([nH]c4ccc(Cl)cc34)C2CNC[C@H]2CCNC2)ccc1Cl. The van der Waals surface area contributed by atoms with Crippen LogP contribution in [0.2, 0.25) is 10.0 Å². The lowest BCUT2D eigenvalue weighted by atomic mass is 9.97. The zero-order valence-corrected chi connectivity index (χ0v) is 21.2. The molecular formula is C25H29Cl2F3N6. The van der Waals surface area contributed by atoms with Gasteiger partial charge >= 0.3 is 6.18 Å². The second-order valence-electron chi connectivity index (χ2n) is 9.48. The number of hydrogen-bond donors (Lipinski definition) is 4. The van der Waals surface area contributed by atoms with Gasteiger partial charge in [-0.25, -0.2) is 4.98 Å². The largest absolute Gasteiger partial charge is 0.434 e. The van der Waals surface area contributed by atoms with Gasteiger partial charge < -0.3 is 20.9 Å². The van der Waals surface area contributed by atoms with Crippen LogP contribution in [0.5, 0.6) is 0 Å². The Hall–Kier alpha value is -2.04. The first-order valence-corrected chi connectivity index (χ1v) is 13.0. The van der Waals surface area contributed by atoms with E-state index in [0.29, 0.717) is 24.0 Å². The van der Waals surface area contributed by atoms with Crippen molar-refractivity contribution in [2.75, 3.05) is 51.1 Å². The third kappa shape index (κ3) is 5.60. The van der Waals surface area contributed by atoms with Crippen LogP contribution in [0.1, 0.15) is 29.4 Å². The standard InChI is InChI=1S/C25H29Cl2F3N6/c26-16-1-3-20-18(11-16)17-6-9-36(21(23(17)34-20)14-32-13-15-5-7-31-12-15)10-8-33-22-4-2-19(27)24(35-22)25(28,29)30/h1-4,11,15,21,31-32,34H,5-10,12-14H2,(H,33,35)/t15-,21?/m0/s1. The monoisotopic (exact) mass is 540 g/mol. The Morgan fingerprint density at radius 1 is 1.14 bits per heavy atom. The Kier molecular flexibility index (Phi) is 7.65. The second-order valence-corrected chi connectivity index (χ2v) is 10.3. The Balaban J connectivity index is 1.30. The Morgan fingerprint density at radius 2 is 2.00 bits per heavy atom. The third-order valence-electron chi connectivity index (χ3n) is 7.08. The molecule has 0 spiro atoms. The molecule has 1 aromatic carbocycles. The lowest BCUT2D eigenvalue weighted by Crippen LogP contribution is -2.43. The van der Waals surface area contributed by atoms with E-state index in [1.807, 2.05) is 18.2 Å². The summed E-state index contributed by atoms with van der Waals surface area (Å²) in [5.74, 6) is 0.789. The number of hydrogen-bond acceptors (Lipinski definition) is 5. The summed E-state index contributed by atoms with van der Waals surface area (Å²) in [5, 5.41) is 11.6. The highest BCUT2D eigenvalue weighted by Crippen LogP contribution is 2.36. The number of aromatic amines is 1. The Morgan fingerprint density at radius 3 is 2.78 bits per heavy atom. The highest BCUT2D eigenvalue weighted by Gasteiger charge is 2.35. The fraction of sp³-hybridized carbons (Fsp3) is 0.480. The fourth-order valence-electron chi connectivity index (χ4n) is 5.27. The number of halogens is 5. The average Bonchev–Trinajstić information content (AvgIpc) is 3.48. The number of fused-ring (bicyclic) bond motifs is 3. The van der Waals surface area contributed by atoms with Gasteiger partial charge in [0.25, 0.3) is 0 Å². The number of rotatable bonds is 8. The van der Waals surface area contributed by atoms with Crippen molar-refractivity contribution in [3.8, 4) is 0 Å². The Bertz CT molecular complexity index is 1210. The van der Waals surface area contributed by atoms with Gasteiger partial charge in [-0.05, 0) is 74.3 Å². The zero-order chi connectivity index (χ0) is 25.3.